The van der Waals surface area contributed by atoms with E-state index >= 15 is 0 Å². The lowest BCUT2D eigenvalue weighted by atomic mass is 9.82. The van der Waals surface area contributed by atoms with Gasteiger partial charge in [-0.15, -0.1) is 0 Å². The van der Waals surface area contributed by atoms with Gasteiger partial charge in [-0.05, 0) is 38.0 Å². The summed E-state index contributed by atoms with van der Waals surface area (Å²) in [5.41, 5.74) is 6.59. The van der Waals surface area contributed by atoms with Gasteiger partial charge in [0.25, 0.3) is 0 Å². The van der Waals surface area contributed by atoms with E-state index in [0.717, 1.165) is 32.1 Å². The summed E-state index contributed by atoms with van der Waals surface area (Å²) in [5, 5.41) is 0. The molecule has 2 N–H and O–H groups in total. The average Bonchev–Trinajstić information content (AvgIpc) is 2.77. The van der Waals surface area contributed by atoms with Gasteiger partial charge in [0.2, 0.25) is 0 Å². The fraction of sp³-hybridized carbons (Fsp3) is 0.923. The minimum absolute atomic E-state index is 0.114. The molecule has 2 aliphatic heterocycles. The number of ether oxygens (including phenoxy) is 1. The van der Waals surface area contributed by atoms with Gasteiger partial charge in [-0.25, -0.2) is 0 Å². The summed E-state index contributed by atoms with van der Waals surface area (Å²) in [6.45, 7) is 7.36. The number of nitrogens with zero attached hydrogens (tertiary/aromatic N) is 2. The topological polar surface area (TPSA) is 50.8 Å². The second-order valence-corrected chi connectivity index (χ2v) is 6.25. The van der Waals surface area contributed by atoms with Crippen LogP contribution in [0.1, 0.15) is 39.5 Å². The van der Waals surface area contributed by atoms with Crippen LogP contribution in [0, 0.1) is 5.41 Å². The molecule has 4 heteroatoms. The molecular weight excluding hydrogens is 214 g/mol. The fourth-order valence-electron chi connectivity index (χ4n) is 3.19. The Bertz CT molecular complexity index is 345. The first-order valence-corrected chi connectivity index (χ1v) is 6.74. The molecule has 3 aliphatic rings. The number of hydrogen-bond acceptors (Lipinski definition) is 4. The molecule has 2 heterocycles. The second-order valence-electron chi connectivity index (χ2n) is 6.25. The van der Waals surface area contributed by atoms with E-state index in [1.165, 1.54) is 19.3 Å². The third-order valence-corrected chi connectivity index (χ3v) is 5.13. The van der Waals surface area contributed by atoms with Gasteiger partial charge in [-0.3, -0.25) is 4.99 Å². The molecule has 0 aromatic heterocycles. The van der Waals surface area contributed by atoms with Crippen molar-refractivity contribution in [2.45, 2.75) is 51.2 Å². The van der Waals surface area contributed by atoms with E-state index in [1.54, 1.807) is 0 Å². The minimum Gasteiger partial charge on any atom is -0.376 e. The molecule has 0 bridgehead atoms. The van der Waals surface area contributed by atoms with Gasteiger partial charge in [0.15, 0.2) is 5.96 Å². The van der Waals surface area contributed by atoms with E-state index in [-0.39, 0.29) is 5.54 Å². The average molecular weight is 237 g/mol. The molecule has 3 rings (SSSR count). The maximum Gasteiger partial charge on any atom is 0.191 e. The Morgan fingerprint density at radius 3 is 2.82 bits per heavy atom. The van der Waals surface area contributed by atoms with Crippen molar-refractivity contribution in [2.75, 3.05) is 19.7 Å². The number of nitrogens with two attached hydrogens (primary N) is 1. The maximum atomic E-state index is 6.08. The lowest BCUT2D eigenvalue weighted by molar-refractivity contribution is 0.0488. The van der Waals surface area contributed by atoms with Crippen LogP contribution < -0.4 is 5.73 Å². The van der Waals surface area contributed by atoms with E-state index in [4.69, 9.17) is 10.5 Å². The van der Waals surface area contributed by atoms with Crippen LogP contribution in [-0.2, 0) is 4.74 Å². The molecule has 0 aromatic rings. The smallest absolute Gasteiger partial charge is 0.191 e. The van der Waals surface area contributed by atoms with Gasteiger partial charge >= 0.3 is 0 Å². The Balaban J connectivity index is 1.76. The zero-order chi connectivity index (χ0) is 12.1. The van der Waals surface area contributed by atoms with E-state index in [0.29, 0.717) is 11.5 Å². The highest BCUT2D eigenvalue weighted by Crippen LogP contribution is 2.57. The van der Waals surface area contributed by atoms with Crippen LogP contribution in [0.5, 0.6) is 0 Å². The Labute approximate surface area is 103 Å². The highest BCUT2D eigenvalue weighted by atomic mass is 16.5. The first-order chi connectivity index (χ1) is 8.05. The molecule has 1 aliphatic carbocycles. The molecule has 2 atom stereocenters. The van der Waals surface area contributed by atoms with Gasteiger partial charge in [0.1, 0.15) is 0 Å². The maximum absolute atomic E-state index is 6.08. The molecular formula is C13H23N3O. The number of aliphatic imine (C=N–C) groups is 1. The first kappa shape index (κ1) is 11.3. The zero-order valence-corrected chi connectivity index (χ0v) is 10.9. The zero-order valence-electron chi connectivity index (χ0n) is 10.9. The van der Waals surface area contributed by atoms with E-state index < -0.39 is 0 Å². The van der Waals surface area contributed by atoms with Crippen LogP contribution in [-0.4, -0.2) is 42.2 Å². The lowest BCUT2D eigenvalue weighted by Crippen LogP contribution is -2.56. The van der Waals surface area contributed by atoms with Gasteiger partial charge in [0.05, 0.1) is 18.2 Å². The summed E-state index contributed by atoms with van der Waals surface area (Å²) >= 11 is 0. The highest BCUT2D eigenvalue weighted by molar-refractivity contribution is 5.81. The molecule has 96 valence electrons. The molecule has 0 spiro atoms. The van der Waals surface area contributed by atoms with Crippen LogP contribution in [0.2, 0.25) is 0 Å². The summed E-state index contributed by atoms with van der Waals surface area (Å²) in [7, 11) is 0. The predicted octanol–water partition coefficient (Wildman–Crippen LogP) is 1.35. The van der Waals surface area contributed by atoms with Gasteiger partial charge in [0, 0.05) is 13.2 Å². The van der Waals surface area contributed by atoms with Crippen LogP contribution in [0.15, 0.2) is 4.99 Å². The summed E-state index contributed by atoms with van der Waals surface area (Å²) in [4.78, 5) is 6.80. The van der Waals surface area contributed by atoms with Gasteiger partial charge in [-0.1, -0.05) is 6.92 Å². The van der Waals surface area contributed by atoms with Crippen molar-refractivity contribution in [2.24, 2.45) is 16.1 Å². The number of guanidine groups is 1. The Morgan fingerprint density at radius 2 is 2.24 bits per heavy atom. The van der Waals surface area contributed by atoms with E-state index in [2.05, 4.69) is 23.7 Å². The first-order valence-electron chi connectivity index (χ1n) is 6.74. The van der Waals surface area contributed by atoms with E-state index in [1.807, 2.05) is 0 Å². The normalized spacial score (nSPS) is 39.5. The molecule has 17 heavy (non-hydrogen) atoms. The monoisotopic (exact) mass is 237 g/mol. The predicted molar refractivity (Wildman–Crippen MR) is 67.9 cm³/mol. The molecule has 0 radical (unpaired) electrons. The second kappa shape index (κ2) is 3.61. The van der Waals surface area contributed by atoms with Crippen molar-refractivity contribution in [3.05, 3.63) is 0 Å². The van der Waals surface area contributed by atoms with Crippen molar-refractivity contribution in [3.63, 3.8) is 0 Å². The Kier molecular flexibility index (Phi) is 2.41. The molecule has 2 unspecified atom stereocenters. The molecule has 4 nitrogen and oxygen atoms in total. The van der Waals surface area contributed by atoms with Crippen LogP contribution >= 0.6 is 0 Å². The third kappa shape index (κ3) is 1.65. The Morgan fingerprint density at radius 1 is 1.47 bits per heavy atom. The minimum atomic E-state index is 0.114. The van der Waals surface area contributed by atoms with Crippen molar-refractivity contribution in [1.29, 1.82) is 0 Å². The lowest BCUT2D eigenvalue weighted by Gasteiger charge is -2.42. The number of hydrogen-bond donors (Lipinski definition) is 1. The summed E-state index contributed by atoms with van der Waals surface area (Å²) in [5.74, 6) is 0.719. The largest absolute Gasteiger partial charge is 0.376 e. The quantitative estimate of drug-likeness (QED) is 0.806. The highest BCUT2D eigenvalue weighted by Gasteiger charge is 2.58. The van der Waals surface area contributed by atoms with Crippen molar-refractivity contribution >= 4 is 5.96 Å². The van der Waals surface area contributed by atoms with Crippen molar-refractivity contribution in [3.8, 4) is 0 Å². The standard InChI is InChI=1S/C13H23N3O/c1-12(5-6-12)13(2)9-15-11(14)16(13)8-10-4-3-7-17-10/h10H,3-9H2,1-2H3,(H2,14,15). The van der Waals surface area contributed by atoms with Crippen molar-refractivity contribution < 1.29 is 4.74 Å². The van der Waals surface area contributed by atoms with Gasteiger partial charge in [-0.2, -0.15) is 0 Å². The van der Waals surface area contributed by atoms with Crippen LogP contribution in [0.4, 0.5) is 0 Å². The molecule has 0 amide bonds. The molecule has 2 fully saturated rings. The fourth-order valence-corrected chi connectivity index (χ4v) is 3.19. The molecule has 1 saturated heterocycles. The van der Waals surface area contributed by atoms with E-state index in [9.17, 15) is 0 Å². The molecule has 0 aromatic carbocycles. The Hall–Kier alpha value is -0.770. The van der Waals surface area contributed by atoms with Crippen molar-refractivity contribution in [1.82, 2.24) is 4.90 Å². The van der Waals surface area contributed by atoms with Crippen LogP contribution in [0.25, 0.3) is 0 Å². The summed E-state index contributed by atoms with van der Waals surface area (Å²) in [6, 6.07) is 0. The summed E-state index contributed by atoms with van der Waals surface area (Å²) < 4.78 is 5.74. The number of rotatable bonds is 3. The third-order valence-electron chi connectivity index (χ3n) is 5.13. The summed E-state index contributed by atoms with van der Waals surface area (Å²) in [6.07, 6.45) is 5.30. The van der Waals surface area contributed by atoms with Crippen LogP contribution in [0.3, 0.4) is 0 Å². The van der Waals surface area contributed by atoms with Gasteiger partial charge < -0.3 is 15.4 Å². The SMILES string of the molecule is CC1(C2(C)CN=C(N)N2CC2CCCO2)CC1. The molecule has 1 saturated carbocycles.